The van der Waals surface area contributed by atoms with Crippen LogP contribution in [0, 0.1) is 11.8 Å². The maximum Gasteiger partial charge on any atom is 0.303 e. The molecule has 0 heterocycles. The van der Waals surface area contributed by atoms with Crippen molar-refractivity contribution >= 4 is 11.9 Å². The summed E-state index contributed by atoms with van der Waals surface area (Å²) in [6.45, 7) is 6.34. The first-order chi connectivity index (χ1) is 7.84. The largest absolute Gasteiger partial charge is 0.481 e. The molecule has 1 amide bonds. The SMILES string of the molecule is CC(C)C(CCNC(=O)[C@@H](C)N)CCC(=O)O. The molecule has 0 fully saturated rings. The van der Waals surface area contributed by atoms with Crippen LogP contribution < -0.4 is 11.1 Å². The third-order valence-electron chi connectivity index (χ3n) is 2.90. The molecule has 5 nitrogen and oxygen atoms in total. The van der Waals surface area contributed by atoms with Crippen molar-refractivity contribution < 1.29 is 14.7 Å². The van der Waals surface area contributed by atoms with E-state index in [2.05, 4.69) is 19.2 Å². The first kappa shape index (κ1) is 15.9. The molecule has 0 aromatic carbocycles. The molecule has 0 saturated carbocycles. The minimum absolute atomic E-state index is 0.161. The molecule has 0 aromatic heterocycles. The van der Waals surface area contributed by atoms with E-state index in [1.165, 1.54) is 0 Å². The minimum Gasteiger partial charge on any atom is -0.481 e. The van der Waals surface area contributed by atoms with Crippen LogP contribution in [0.1, 0.15) is 40.0 Å². The summed E-state index contributed by atoms with van der Waals surface area (Å²) >= 11 is 0. The fourth-order valence-corrected chi connectivity index (χ4v) is 1.66. The van der Waals surface area contributed by atoms with E-state index < -0.39 is 12.0 Å². The maximum absolute atomic E-state index is 11.2. The van der Waals surface area contributed by atoms with Gasteiger partial charge in [-0.1, -0.05) is 13.8 Å². The van der Waals surface area contributed by atoms with Crippen LogP contribution in [0.2, 0.25) is 0 Å². The molecule has 0 saturated heterocycles. The summed E-state index contributed by atoms with van der Waals surface area (Å²) < 4.78 is 0. The smallest absolute Gasteiger partial charge is 0.303 e. The van der Waals surface area contributed by atoms with Gasteiger partial charge in [0.05, 0.1) is 6.04 Å². The molecule has 2 atom stereocenters. The monoisotopic (exact) mass is 244 g/mol. The van der Waals surface area contributed by atoms with Gasteiger partial charge in [0.15, 0.2) is 0 Å². The molecule has 100 valence electrons. The van der Waals surface area contributed by atoms with Crippen LogP contribution in [-0.4, -0.2) is 29.6 Å². The lowest BCUT2D eigenvalue weighted by atomic mass is 9.88. The second-order valence-corrected chi connectivity index (χ2v) is 4.80. The quantitative estimate of drug-likeness (QED) is 0.593. The Kier molecular flexibility index (Phi) is 7.54. The van der Waals surface area contributed by atoms with Gasteiger partial charge in [0.2, 0.25) is 5.91 Å². The van der Waals surface area contributed by atoms with Gasteiger partial charge in [0, 0.05) is 13.0 Å². The number of carboxylic acids is 1. The molecule has 0 aliphatic heterocycles. The molecular formula is C12H24N2O3. The molecule has 0 aromatic rings. The molecule has 0 rings (SSSR count). The zero-order valence-electron chi connectivity index (χ0n) is 10.9. The minimum atomic E-state index is -0.768. The summed E-state index contributed by atoms with van der Waals surface area (Å²) in [5.41, 5.74) is 5.42. The number of rotatable bonds is 8. The van der Waals surface area contributed by atoms with Gasteiger partial charge in [0.25, 0.3) is 0 Å². The highest BCUT2D eigenvalue weighted by Crippen LogP contribution is 2.20. The summed E-state index contributed by atoms with van der Waals surface area (Å²) in [6, 6.07) is -0.494. The van der Waals surface area contributed by atoms with E-state index in [1.807, 2.05) is 0 Å². The number of carbonyl (C=O) groups excluding carboxylic acids is 1. The lowest BCUT2D eigenvalue weighted by Crippen LogP contribution is -2.39. The zero-order chi connectivity index (χ0) is 13.4. The van der Waals surface area contributed by atoms with E-state index in [0.717, 1.165) is 6.42 Å². The van der Waals surface area contributed by atoms with Crippen LogP contribution in [0.4, 0.5) is 0 Å². The Balaban J connectivity index is 3.93. The molecule has 4 N–H and O–H groups in total. The Bertz CT molecular complexity index is 252. The van der Waals surface area contributed by atoms with Gasteiger partial charge in [-0.25, -0.2) is 0 Å². The number of carbonyl (C=O) groups is 2. The van der Waals surface area contributed by atoms with Gasteiger partial charge in [-0.3, -0.25) is 9.59 Å². The third kappa shape index (κ3) is 7.74. The van der Waals surface area contributed by atoms with Gasteiger partial charge in [-0.15, -0.1) is 0 Å². The third-order valence-corrected chi connectivity index (χ3v) is 2.90. The number of aliphatic carboxylic acids is 1. The average molecular weight is 244 g/mol. The molecule has 0 aliphatic rings. The topological polar surface area (TPSA) is 92.4 Å². The second kappa shape index (κ2) is 8.06. The first-order valence-electron chi connectivity index (χ1n) is 6.09. The Hall–Kier alpha value is -1.10. The van der Waals surface area contributed by atoms with E-state index in [9.17, 15) is 9.59 Å². The van der Waals surface area contributed by atoms with Gasteiger partial charge in [-0.05, 0) is 31.6 Å². The lowest BCUT2D eigenvalue weighted by Gasteiger charge is -2.20. The van der Waals surface area contributed by atoms with Crippen molar-refractivity contribution in [2.75, 3.05) is 6.54 Å². The molecule has 17 heavy (non-hydrogen) atoms. The van der Waals surface area contributed by atoms with Crippen LogP contribution >= 0.6 is 0 Å². The van der Waals surface area contributed by atoms with Gasteiger partial charge < -0.3 is 16.2 Å². The summed E-state index contributed by atoms with van der Waals surface area (Å²) in [6.07, 6.45) is 1.63. The fraction of sp³-hybridized carbons (Fsp3) is 0.833. The first-order valence-corrected chi connectivity index (χ1v) is 6.09. The summed E-state index contributed by atoms with van der Waals surface area (Å²) in [7, 11) is 0. The van der Waals surface area contributed by atoms with E-state index in [1.54, 1.807) is 6.92 Å². The van der Waals surface area contributed by atoms with E-state index in [4.69, 9.17) is 10.8 Å². The van der Waals surface area contributed by atoms with Crippen LogP contribution in [-0.2, 0) is 9.59 Å². The predicted molar refractivity (Wildman–Crippen MR) is 66.5 cm³/mol. The number of amides is 1. The van der Waals surface area contributed by atoms with Gasteiger partial charge in [-0.2, -0.15) is 0 Å². The summed E-state index contributed by atoms with van der Waals surface area (Å²) in [5.74, 6) is -0.193. The number of nitrogens with two attached hydrogens (primary N) is 1. The van der Waals surface area contributed by atoms with Gasteiger partial charge >= 0.3 is 5.97 Å². The van der Waals surface area contributed by atoms with Crippen molar-refractivity contribution in [1.29, 1.82) is 0 Å². The van der Waals surface area contributed by atoms with E-state index in [-0.39, 0.29) is 12.3 Å². The van der Waals surface area contributed by atoms with E-state index >= 15 is 0 Å². The van der Waals surface area contributed by atoms with Crippen molar-refractivity contribution in [3.05, 3.63) is 0 Å². The lowest BCUT2D eigenvalue weighted by molar-refractivity contribution is -0.137. The highest BCUT2D eigenvalue weighted by Gasteiger charge is 2.15. The second-order valence-electron chi connectivity index (χ2n) is 4.80. The number of carboxylic acid groups (broad SMARTS) is 1. The molecule has 0 aliphatic carbocycles. The number of hydrogen-bond acceptors (Lipinski definition) is 3. The molecular weight excluding hydrogens is 220 g/mol. The van der Waals surface area contributed by atoms with Crippen molar-refractivity contribution in [2.24, 2.45) is 17.6 Å². The summed E-state index contributed by atoms with van der Waals surface area (Å²) in [5, 5.41) is 11.4. The van der Waals surface area contributed by atoms with Crippen LogP contribution in [0.3, 0.4) is 0 Å². The van der Waals surface area contributed by atoms with Crippen molar-refractivity contribution in [1.82, 2.24) is 5.32 Å². The Morgan fingerprint density at radius 3 is 2.24 bits per heavy atom. The highest BCUT2D eigenvalue weighted by atomic mass is 16.4. The molecule has 0 spiro atoms. The van der Waals surface area contributed by atoms with Crippen LogP contribution in [0.5, 0.6) is 0 Å². The Morgan fingerprint density at radius 1 is 1.24 bits per heavy atom. The van der Waals surface area contributed by atoms with Crippen LogP contribution in [0.15, 0.2) is 0 Å². The molecule has 1 unspecified atom stereocenters. The highest BCUT2D eigenvalue weighted by molar-refractivity contribution is 5.80. The normalized spacial score (nSPS) is 14.4. The fourth-order valence-electron chi connectivity index (χ4n) is 1.66. The molecule has 0 bridgehead atoms. The summed E-state index contributed by atoms with van der Waals surface area (Å²) in [4.78, 5) is 21.7. The molecule has 0 radical (unpaired) electrons. The van der Waals surface area contributed by atoms with Crippen molar-refractivity contribution in [3.8, 4) is 0 Å². The number of nitrogens with one attached hydrogen (secondary N) is 1. The average Bonchev–Trinajstić information content (AvgIpc) is 2.21. The maximum atomic E-state index is 11.2. The molecule has 5 heteroatoms. The Labute approximate surface area is 103 Å². The number of hydrogen-bond donors (Lipinski definition) is 3. The van der Waals surface area contributed by atoms with Crippen molar-refractivity contribution in [3.63, 3.8) is 0 Å². The Morgan fingerprint density at radius 2 is 1.82 bits per heavy atom. The van der Waals surface area contributed by atoms with Crippen molar-refractivity contribution in [2.45, 2.75) is 46.1 Å². The predicted octanol–water partition coefficient (Wildman–Crippen LogP) is 0.977. The standard InChI is InChI=1S/C12H24N2O3/c1-8(2)10(4-5-11(15)16)6-7-14-12(17)9(3)13/h8-10H,4-7,13H2,1-3H3,(H,14,17)(H,15,16)/t9-,10?/m1/s1. The van der Waals surface area contributed by atoms with E-state index in [0.29, 0.717) is 24.8 Å². The zero-order valence-corrected chi connectivity index (χ0v) is 10.9. The van der Waals surface area contributed by atoms with Crippen LogP contribution in [0.25, 0.3) is 0 Å². The van der Waals surface area contributed by atoms with Gasteiger partial charge in [0.1, 0.15) is 0 Å².